The van der Waals surface area contributed by atoms with Crippen LogP contribution in [0.4, 0.5) is 0 Å². The van der Waals surface area contributed by atoms with Crippen LogP contribution in [0, 0.1) is 0 Å². The predicted octanol–water partition coefficient (Wildman–Crippen LogP) is -0.129. The zero-order chi connectivity index (χ0) is 7.82. The van der Waals surface area contributed by atoms with Crippen molar-refractivity contribution in [2.45, 2.75) is 0 Å². The van der Waals surface area contributed by atoms with E-state index < -0.39 is 0 Å². The van der Waals surface area contributed by atoms with Crippen LogP contribution in [0.2, 0.25) is 0 Å². The molecule has 0 fully saturated rings. The average molecular weight is 165 g/mol. The molecule has 5 heteroatoms. The van der Waals surface area contributed by atoms with Crippen molar-refractivity contribution < 1.29 is 14.7 Å². The second-order valence-corrected chi connectivity index (χ2v) is 2.69. The molecular formula is C5H11NO3S. The van der Waals surface area contributed by atoms with Crippen LogP contribution in [0.1, 0.15) is 0 Å². The largest absolute Gasteiger partial charge is 0.384 e. The molecule has 60 valence electrons. The van der Waals surface area contributed by atoms with E-state index in [2.05, 4.69) is 0 Å². The minimum absolute atomic E-state index is 0.278. The monoisotopic (exact) mass is 165 g/mol. The summed E-state index contributed by atoms with van der Waals surface area (Å²) >= 11 is 1.41. The minimum Gasteiger partial charge on any atom is -0.384 e. The van der Waals surface area contributed by atoms with E-state index in [0.717, 1.165) is 5.75 Å². The maximum Gasteiger partial charge on any atom is 0.253 e. The van der Waals surface area contributed by atoms with E-state index in [9.17, 15) is 4.79 Å². The topological polar surface area (TPSA) is 58.6 Å². The number of carbonyl (C=O) groups excluding carboxylic acids is 1. The highest BCUT2D eigenvalue weighted by atomic mass is 32.2. The number of nitrogens with one attached hydrogen (secondary N) is 1. The predicted molar refractivity (Wildman–Crippen MR) is 39.1 cm³/mol. The molecule has 0 unspecified atom stereocenters. The first-order valence-corrected chi connectivity index (χ1v) is 3.96. The summed E-state index contributed by atoms with van der Waals surface area (Å²) in [5.41, 5.74) is 1.54. The fourth-order valence-electron chi connectivity index (χ4n) is 0.339. The van der Waals surface area contributed by atoms with Gasteiger partial charge in [-0.3, -0.25) is 10.0 Å². The summed E-state index contributed by atoms with van der Waals surface area (Å²) in [5.74, 6) is 0.671. The summed E-state index contributed by atoms with van der Waals surface area (Å²) in [5, 5.41) is 8.05. The maximum absolute atomic E-state index is 10.4. The van der Waals surface area contributed by atoms with Gasteiger partial charge in [0.2, 0.25) is 0 Å². The van der Waals surface area contributed by atoms with Crippen LogP contribution >= 0.6 is 11.8 Å². The Bertz CT molecular complexity index is 98.9. The van der Waals surface area contributed by atoms with Gasteiger partial charge in [0.25, 0.3) is 5.91 Å². The second-order valence-electron chi connectivity index (χ2n) is 1.58. The number of carbonyl (C=O) groups is 1. The summed E-state index contributed by atoms with van der Waals surface area (Å²) < 4.78 is 4.74. The average Bonchev–Trinajstić information content (AvgIpc) is 1.98. The lowest BCUT2D eigenvalue weighted by Crippen LogP contribution is -2.20. The SMILES string of the molecule is COCCSCC(=O)NO. The standard InChI is InChI=1S/C5H11NO3S/c1-9-2-3-10-4-5(7)6-8/h8H,2-4H2,1H3,(H,6,7). The molecule has 0 saturated heterocycles. The van der Waals surface area contributed by atoms with Crippen molar-refractivity contribution in [3.05, 3.63) is 0 Å². The first-order valence-electron chi connectivity index (χ1n) is 2.81. The lowest BCUT2D eigenvalue weighted by molar-refractivity contribution is -0.126. The Labute approximate surface area is 63.9 Å². The highest BCUT2D eigenvalue weighted by molar-refractivity contribution is 7.99. The van der Waals surface area contributed by atoms with Gasteiger partial charge in [-0.25, -0.2) is 5.48 Å². The Hall–Kier alpha value is -0.260. The quantitative estimate of drug-likeness (QED) is 0.338. The number of thioether (sulfide) groups is 1. The molecule has 0 aliphatic heterocycles. The van der Waals surface area contributed by atoms with Crippen molar-refractivity contribution in [1.29, 1.82) is 0 Å². The molecule has 0 aromatic carbocycles. The molecule has 10 heavy (non-hydrogen) atoms. The molecule has 0 atom stereocenters. The van der Waals surface area contributed by atoms with Crippen LogP contribution in [0.15, 0.2) is 0 Å². The van der Waals surface area contributed by atoms with Crippen molar-refractivity contribution in [1.82, 2.24) is 5.48 Å². The van der Waals surface area contributed by atoms with Crippen molar-refractivity contribution >= 4 is 17.7 Å². The summed E-state index contributed by atoms with van der Waals surface area (Å²) in [6, 6.07) is 0. The first-order chi connectivity index (χ1) is 4.81. The van der Waals surface area contributed by atoms with Gasteiger partial charge in [-0.15, -0.1) is 11.8 Å². The Morgan fingerprint density at radius 1 is 1.80 bits per heavy atom. The number of hydroxylamine groups is 1. The van der Waals surface area contributed by atoms with Gasteiger partial charge >= 0.3 is 0 Å². The molecule has 0 radical (unpaired) electrons. The number of ether oxygens (including phenoxy) is 1. The third-order valence-corrected chi connectivity index (χ3v) is 1.71. The Morgan fingerprint density at radius 2 is 2.50 bits per heavy atom. The van der Waals surface area contributed by atoms with E-state index in [-0.39, 0.29) is 11.7 Å². The molecule has 1 amide bonds. The van der Waals surface area contributed by atoms with Crippen LogP contribution in [0.5, 0.6) is 0 Å². The van der Waals surface area contributed by atoms with Crippen molar-refractivity contribution in [2.75, 3.05) is 25.2 Å². The van der Waals surface area contributed by atoms with E-state index in [1.807, 2.05) is 0 Å². The molecule has 0 spiro atoms. The molecule has 0 aliphatic rings. The van der Waals surface area contributed by atoms with Crippen LogP contribution in [-0.2, 0) is 9.53 Å². The second kappa shape index (κ2) is 6.85. The van der Waals surface area contributed by atoms with Crippen LogP contribution in [0.25, 0.3) is 0 Å². The zero-order valence-corrected chi connectivity index (χ0v) is 6.61. The summed E-state index contributed by atoms with van der Waals surface area (Å²) in [4.78, 5) is 10.4. The third-order valence-electron chi connectivity index (χ3n) is 0.790. The maximum atomic E-state index is 10.4. The van der Waals surface area contributed by atoms with E-state index in [1.54, 1.807) is 12.6 Å². The smallest absolute Gasteiger partial charge is 0.253 e. The van der Waals surface area contributed by atoms with Crippen LogP contribution in [0.3, 0.4) is 0 Å². The number of hydrogen-bond donors (Lipinski definition) is 2. The van der Waals surface area contributed by atoms with Gasteiger partial charge in [-0.05, 0) is 0 Å². The fraction of sp³-hybridized carbons (Fsp3) is 0.800. The molecule has 0 saturated carbocycles. The molecule has 0 aromatic rings. The van der Waals surface area contributed by atoms with Crippen LogP contribution < -0.4 is 5.48 Å². The molecular weight excluding hydrogens is 154 g/mol. The number of hydrogen-bond acceptors (Lipinski definition) is 4. The molecule has 2 N–H and O–H groups in total. The van der Waals surface area contributed by atoms with Crippen molar-refractivity contribution in [3.8, 4) is 0 Å². The molecule has 0 aromatic heterocycles. The summed E-state index contributed by atoms with van der Waals surface area (Å²) in [6.07, 6.45) is 0. The molecule has 0 bridgehead atoms. The van der Waals surface area contributed by atoms with Gasteiger partial charge in [-0.1, -0.05) is 0 Å². The van der Waals surface area contributed by atoms with E-state index >= 15 is 0 Å². The molecule has 0 heterocycles. The van der Waals surface area contributed by atoms with Crippen molar-refractivity contribution in [3.63, 3.8) is 0 Å². The van der Waals surface area contributed by atoms with Gasteiger partial charge < -0.3 is 4.74 Å². The Balaban J connectivity index is 2.96. The van der Waals surface area contributed by atoms with Gasteiger partial charge in [0.05, 0.1) is 12.4 Å². The van der Waals surface area contributed by atoms with Gasteiger partial charge in [-0.2, -0.15) is 0 Å². The lowest BCUT2D eigenvalue weighted by Gasteiger charge is -1.97. The first kappa shape index (κ1) is 9.74. The highest BCUT2D eigenvalue weighted by Crippen LogP contribution is 1.97. The zero-order valence-electron chi connectivity index (χ0n) is 5.79. The van der Waals surface area contributed by atoms with E-state index in [0.29, 0.717) is 6.61 Å². The van der Waals surface area contributed by atoms with Gasteiger partial charge in [0.15, 0.2) is 0 Å². The van der Waals surface area contributed by atoms with Gasteiger partial charge in [0, 0.05) is 12.9 Å². The van der Waals surface area contributed by atoms with Crippen LogP contribution in [-0.4, -0.2) is 36.3 Å². The highest BCUT2D eigenvalue weighted by Gasteiger charge is 1.96. The fourth-order valence-corrected chi connectivity index (χ4v) is 1.02. The molecule has 0 rings (SSSR count). The van der Waals surface area contributed by atoms with E-state index in [1.165, 1.54) is 11.8 Å². The number of methoxy groups -OCH3 is 1. The Morgan fingerprint density at radius 3 is 3.00 bits per heavy atom. The van der Waals surface area contributed by atoms with Gasteiger partial charge in [0.1, 0.15) is 0 Å². The Kier molecular flexibility index (Phi) is 6.68. The molecule has 4 nitrogen and oxygen atoms in total. The minimum atomic E-state index is -0.374. The van der Waals surface area contributed by atoms with E-state index in [4.69, 9.17) is 9.94 Å². The number of rotatable bonds is 5. The number of amides is 1. The lowest BCUT2D eigenvalue weighted by atomic mass is 10.8. The molecule has 0 aliphatic carbocycles. The summed E-state index contributed by atoms with van der Waals surface area (Å²) in [7, 11) is 1.60. The summed E-state index contributed by atoms with van der Waals surface area (Å²) in [6.45, 7) is 0.628. The third kappa shape index (κ3) is 5.87. The van der Waals surface area contributed by atoms with Crippen molar-refractivity contribution in [2.24, 2.45) is 0 Å². The normalized spacial score (nSPS) is 9.40.